The first-order valence-electron chi connectivity index (χ1n) is 5.26. The molecule has 0 aliphatic heterocycles. The van der Waals surface area contributed by atoms with Gasteiger partial charge in [-0.25, -0.2) is 4.98 Å². The molecule has 0 bridgehead atoms. The van der Waals surface area contributed by atoms with Gasteiger partial charge in [-0.2, -0.15) is 0 Å². The zero-order chi connectivity index (χ0) is 12.1. The maximum absolute atomic E-state index is 5.90. The summed E-state index contributed by atoms with van der Waals surface area (Å²) in [5.74, 6) is 0.622. The molecule has 0 saturated heterocycles. The Hall–Kier alpha value is -1.74. The van der Waals surface area contributed by atoms with E-state index in [0.29, 0.717) is 12.4 Å². The number of halogens is 1. The van der Waals surface area contributed by atoms with Crippen molar-refractivity contribution in [2.75, 3.05) is 12.4 Å². The normalized spacial score (nSPS) is 10.0. The molecule has 0 amide bonds. The Kier molecular flexibility index (Phi) is 3.83. The van der Waals surface area contributed by atoms with Gasteiger partial charge in [0.1, 0.15) is 0 Å². The van der Waals surface area contributed by atoms with E-state index in [1.165, 1.54) is 0 Å². The van der Waals surface area contributed by atoms with E-state index in [1.54, 1.807) is 13.3 Å². The van der Waals surface area contributed by atoms with Crippen molar-refractivity contribution < 1.29 is 4.74 Å². The summed E-state index contributed by atoms with van der Waals surface area (Å²) in [4.78, 5) is 4.14. The van der Waals surface area contributed by atoms with Crippen LogP contribution in [0.5, 0.6) is 5.88 Å². The molecule has 0 spiro atoms. The summed E-state index contributed by atoms with van der Waals surface area (Å²) >= 11 is 5.90. The smallest absolute Gasteiger partial charge is 0.212 e. The number of methoxy groups -OCH3 is 1. The summed E-state index contributed by atoms with van der Waals surface area (Å²) in [7, 11) is 1.60. The second kappa shape index (κ2) is 5.55. The van der Waals surface area contributed by atoms with E-state index < -0.39 is 0 Å². The van der Waals surface area contributed by atoms with Crippen LogP contribution in [0, 0.1) is 0 Å². The maximum Gasteiger partial charge on any atom is 0.212 e. The number of nitrogens with zero attached hydrogens (tertiary/aromatic N) is 1. The third kappa shape index (κ3) is 3.36. The Labute approximate surface area is 105 Å². The summed E-state index contributed by atoms with van der Waals surface area (Å²) in [6, 6.07) is 11.4. The molecule has 1 N–H and O–H groups in total. The van der Waals surface area contributed by atoms with E-state index in [9.17, 15) is 0 Å². The van der Waals surface area contributed by atoms with Crippen molar-refractivity contribution in [1.29, 1.82) is 0 Å². The molecule has 0 saturated carbocycles. The third-order valence-corrected chi connectivity index (χ3v) is 2.56. The van der Waals surface area contributed by atoms with Gasteiger partial charge in [0.05, 0.1) is 7.11 Å². The van der Waals surface area contributed by atoms with Crippen LogP contribution in [-0.2, 0) is 6.54 Å². The summed E-state index contributed by atoms with van der Waals surface area (Å²) < 4.78 is 5.00. The van der Waals surface area contributed by atoms with Crippen LogP contribution >= 0.6 is 11.6 Å². The Morgan fingerprint density at radius 1 is 1.29 bits per heavy atom. The Balaban J connectivity index is 1.97. The van der Waals surface area contributed by atoms with Crippen molar-refractivity contribution in [2.45, 2.75) is 6.54 Å². The molecule has 2 rings (SSSR count). The topological polar surface area (TPSA) is 34.1 Å². The number of anilines is 1. The van der Waals surface area contributed by atoms with E-state index in [2.05, 4.69) is 10.3 Å². The molecule has 1 aromatic heterocycles. The average molecular weight is 249 g/mol. The van der Waals surface area contributed by atoms with Crippen LogP contribution in [-0.4, -0.2) is 12.1 Å². The largest absolute Gasteiger partial charge is 0.481 e. The number of aromatic nitrogens is 1. The molecule has 0 aliphatic carbocycles. The minimum atomic E-state index is 0.622. The highest BCUT2D eigenvalue weighted by Crippen LogP contribution is 2.16. The van der Waals surface area contributed by atoms with Crippen molar-refractivity contribution >= 4 is 17.3 Å². The van der Waals surface area contributed by atoms with Crippen molar-refractivity contribution in [3.05, 3.63) is 53.2 Å². The second-order valence-electron chi connectivity index (χ2n) is 3.57. The van der Waals surface area contributed by atoms with Crippen LogP contribution in [0.15, 0.2) is 42.6 Å². The van der Waals surface area contributed by atoms with Crippen LogP contribution in [0.25, 0.3) is 0 Å². The third-order valence-electron chi connectivity index (χ3n) is 2.33. The first-order chi connectivity index (χ1) is 8.28. The second-order valence-corrected chi connectivity index (χ2v) is 4.01. The van der Waals surface area contributed by atoms with Gasteiger partial charge in [-0.15, -0.1) is 0 Å². The fraction of sp³-hybridized carbons (Fsp3) is 0.154. The van der Waals surface area contributed by atoms with Gasteiger partial charge >= 0.3 is 0 Å². The number of nitrogens with one attached hydrogen (secondary N) is 1. The van der Waals surface area contributed by atoms with Gasteiger partial charge in [0.15, 0.2) is 0 Å². The lowest BCUT2D eigenvalue weighted by Crippen LogP contribution is -2.00. The van der Waals surface area contributed by atoms with Gasteiger partial charge in [-0.05, 0) is 23.8 Å². The molecule has 17 heavy (non-hydrogen) atoms. The van der Waals surface area contributed by atoms with E-state index >= 15 is 0 Å². The van der Waals surface area contributed by atoms with Gasteiger partial charge in [0, 0.05) is 29.5 Å². The zero-order valence-corrected chi connectivity index (χ0v) is 10.2. The Bertz CT molecular complexity index is 485. The van der Waals surface area contributed by atoms with Crippen LogP contribution in [0.2, 0.25) is 5.02 Å². The van der Waals surface area contributed by atoms with E-state index in [4.69, 9.17) is 16.3 Å². The van der Waals surface area contributed by atoms with Crippen molar-refractivity contribution in [2.24, 2.45) is 0 Å². The minimum Gasteiger partial charge on any atom is -0.481 e. The highest BCUT2D eigenvalue weighted by molar-refractivity contribution is 6.30. The molecule has 4 heteroatoms. The number of ether oxygens (including phenoxy) is 1. The molecular weight excluding hydrogens is 236 g/mol. The highest BCUT2D eigenvalue weighted by Gasteiger charge is 1.97. The summed E-state index contributed by atoms with van der Waals surface area (Å²) in [6.45, 7) is 0.706. The van der Waals surface area contributed by atoms with Gasteiger partial charge < -0.3 is 10.1 Å². The predicted octanol–water partition coefficient (Wildman–Crippen LogP) is 3.36. The van der Waals surface area contributed by atoms with Crippen molar-refractivity contribution in [1.82, 2.24) is 4.98 Å². The standard InChI is InChI=1S/C13H13ClN2O/c1-17-13-6-5-10(9-16-13)8-15-12-4-2-3-11(14)7-12/h2-7,9,15H,8H2,1H3. The minimum absolute atomic E-state index is 0.622. The SMILES string of the molecule is COc1ccc(CNc2cccc(Cl)c2)cn1. The summed E-state index contributed by atoms with van der Waals surface area (Å²) in [6.07, 6.45) is 1.79. The van der Waals surface area contributed by atoms with Crippen LogP contribution in [0.1, 0.15) is 5.56 Å². The number of hydrogen-bond acceptors (Lipinski definition) is 3. The van der Waals surface area contributed by atoms with E-state index in [0.717, 1.165) is 16.3 Å². The first kappa shape index (κ1) is 11.7. The summed E-state index contributed by atoms with van der Waals surface area (Å²) in [5, 5.41) is 4.00. The molecule has 3 nitrogen and oxygen atoms in total. The number of pyridine rings is 1. The highest BCUT2D eigenvalue weighted by atomic mass is 35.5. The first-order valence-corrected chi connectivity index (χ1v) is 5.64. The van der Waals surface area contributed by atoms with Crippen molar-refractivity contribution in [3.8, 4) is 5.88 Å². The Morgan fingerprint density at radius 3 is 2.82 bits per heavy atom. The van der Waals surface area contributed by atoms with Gasteiger partial charge in [-0.1, -0.05) is 23.7 Å². The molecule has 88 valence electrons. The number of rotatable bonds is 4. The predicted molar refractivity (Wildman–Crippen MR) is 69.6 cm³/mol. The lowest BCUT2D eigenvalue weighted by atomic mass is 10.2. The number of benzene rings is 1. The average Bonchev–Trinajstić information content (AvgIpc) is 2.37. The fourth-order valence-electron chi connectivity index (χ4n) is 1.44. The summed E-state index contributed by atoms with van der Waals surface area (Å²) in [5.41, 5.74) is 2.08. The molecule has 0 radical (unpaired) electrons. The van der Waals surface area contributed by atoms with Crippen LogP contribution < -0.4 is 10.1 Å². The quantitative estimate of drug-likeness (QED) is 0.901. The zero-order valence-electron chi connectivity index (χ0n) is 9.48. The van der Waals surface area contributed by atoms with E-state index in [-0.39, 0.29) is 0 Å². The Morgan fingerprint density at radius 2 is 2.18 bits per heavy atom. The van der Waals surface area contributed by atoms with Crippen LogP contribution in [0.3, 0.4) is 0 Å². The molecule has 1 heterocycles. The van der Waals surface area contributed by atoms with Gasteiger partial charge in [0.2, 0.25) is 5.88 Å². The molecular formula is C13H13ClN2O. The molecule has 0 unspecified atom stereocenters. The fourth-order valence-corrected chi connectivity index (χ4v) is 1.63. The van der Waals surface area contributed by atoms with Crippen LogP contribution in [0.4, 0.5) is 5.69 Å². The molecule has 1 aromatic carbocycles. The van der Waals surface area contributed by atoms with Crippen molar-refractivity contribution in [3.63, 3.8) is 0 Å². The van der Waals surface area contributed by atoms with Gasteiger partial charge in [0.25, 0.3) is 0 Å². The number of hydrogen-bond donors (Lipinski definition) is 1. The molecule has 2 aromatic rings. The molecule has 0 atom stereocenters. The lowest BCUT2D eigenvalue weighted by Gasteiger charge is -2.07. The monoisotopic (exact) mass is 248 g/mol. The molecule has 0 fully saturated rings. The lowest BCUT2D eigenvalue weighted by molar-refractivity contribution is 0.397. The molecule has 0 aliphatic rings. The van der Waals surface area contributed by atoms with E-state index in [1.807, 2.05) is 36.4 Å². The van der Waals surface area contributed by atoms with Gasteiger partial charge in [-0.3, -0.25) is 0 Å². The maximum atomic E-state index is 5.90.